The standard InChI is InChI=1S/C21H26O8/c1-11(2)19(24)28-16-8-21(10-26-13(4)23)17(29-21)6-5-14(9-22)7-15-18(16)12(3)20(25)27-15/h7,15-18,22H,1,3,5-6,8-10H2,2,4H3/b14-7-/t15-,16+,17-,18+,21-/m1/s1. The van der Waals surface area contributed by atoms with Gasteiger partial charge in [0.2, 0.25) is 0 Å². The van der Waals surface area contributed by atoms with Crippen LogP contribution in [0.25, 0.3) is 0 Å². The molecule has 0 spiro atoms. The number of carbonyl (C=O) groups is 3. The Kier molecular flexibility index (Phi) is 5.95. The van der Waals surface area contributed by atoms with Gasteiger partial charge in [0.25, 0.3) is 0 Å². The van der Waals surface area contributed by atoms with Gasteiger partial charge < -0.3 is 24.1 Å². The molecule has 0 radical (unpaired) electrons. The first-order valence-corrected chi connectivity index (χ1v) is 9.54. The number of epoxide rings is 1. The molecule has 0 amide bonds. The van der Waals surface area contributed by atoms with Crippen LogP contribution in [0.15, 0.2) is 36.0 Å². The molecule has 158 valence electrons. The van der Waals surface area contributed by atoms with Crippen LogP contribution in [0.1, 0.15) is 33.1 Å². The van der Waals surface area contributed by atoms with Gasteiger partial charge in [-0.05, 0) is 31.4 Å². The van der Waals surface area contributed by atoms with Gasteiger partial charge in [-0.15, -0.1) is 0 Å². The summed E-state index contributed by atoms with van der Waals surface area (Å²) in [5.74, 6) is -2.28. The van der Waals surface area contributed by atoms with Crippen molar-refractivity contribution in [3.63, 3.8) is 0 Å². The molecule has 0 aromatic carbocycles. The molecule has 3 aliphatic rings. The van der Waals surface area contributed by atoms with E-state index in [0.717, 1.165) is 0 Å². The SMILES string of the molecule is C=C(C)C(=O)O[C@H]1C[C@]2(COC(C)=O)O[C@@H]2CC/C(CO)=C/[C@H]2OC(=O)C(=C)[C@H]12. The van der Waals surface area contributed by atoms with Gasteiger partial charge in [0, 0.05) is 24.5 Å². The second kappa shape index (κ2) is 8.12. The Bertz CT molecular complexity index is 782. The molecule has 5 atom stereocenters. The van der Waals surface area contributed by atoms with E-state index in [2.05, 4.69) is 13.2 Å². The Hall–Kier alpha value is -2.45. The topological polar surface area (TPSA) is 112 Å². The van der Waals surface area contributed by atoms with Gasteiger partial charge in [-0.2, -0.15) is 0 Å². The molecule has 0 aromatic heterocycles. The van der Waals surface area contributed by atoms with E-state index in [1.165, 1.54) is 13.8 Å². The molecule has 2 heterocycles. The first kappa shape index (κ1) is 21.3. The quantitative estimate of drug-likeness (QED) is 0.240. The number of aliphatic hydroxyl groups excluding tert-OH is 1. The molecule has 0 unspecified atom stereocenters. The van der Waals surface area contributed by atoms with Gasteiger partial charge in [-0.1, -0.05) is 13.2 Å². The number of ether oxygens (including phenoxy) is 4. The van der Waals surface area contributed by atoms with E-state index in [-0.39, 0.29) is 36.9 Å². The molecule has 0 saturated carbocycles. The van der Waals surface area contributed by atoms with E-state index in [1.807, 2.05) is 0 Å². The molecule has 8 heteroatoms. The zero-order valence-corrected chi connectivity index (χ0v) is 16.6. The van der Waals surface area contributed by atoms with E-state index < -0.39 is 41.6 Å². The van der Waals surface area contributed by atoms with Crippen molar-refractivity contribution >= 4 is 17.9 Å². The van der Waals surface area contributed by atoms with Crippen LogP contribution < -0.4 is 0 Å². The summed E-state index contributed by atoms with van der Waals surface area (Å²) in [4.78, 5) is 35.9. The molecular formula is C21H26O8. The fourth-order valence-electron chi connectivity index (χ4n) is 3.93. The minimum absolute atomic E-state index is 0.00492. The van der Waals surface area contributed by atoms with Crippen LogP contribution in [0.5, 0.6) is 0 Å². The average molecular weight is 406 g/mol. The van der Waals surface area contributed by atoms with Crippen LogP contribution >= 0.6 is 0 Å². The third-order valence-corrected chi connectivity index (χ3v) is 5.57. The number of fused-ring (bicyclic) bond motifs is 2. The number of rotatable bonds is 5. The second-order valence-corrected chi connectivity index (χ2v) is 7.82. The van der Waals surface area contributed by atoms with Crippen molar-refractivity contribution in [1.29, 1.82) is 0 Å². The number of hydrogen-bond donors (Lipinski definition) is 1. The van der Waals surface area contributed by atoms with Crippen molar-refractivity contribution in [1.82, 2.24) is 0 Å². The summed E-state index contributed by atoms with van der Waals surface area (Å²) in [6.07, 6.45) is 1.27. The van der Waals surface area contributed by atoms with Crippen molar-refractivity contribution in [3.05, 3.63) is 36.0 Å². The Labute approximate surface area is 169 Å². The number of carbonyl (C=O) groups excluding carboxylic acids is 3. The van der Waals surface area contributed by atoms with Crippen LogP contribution in [-0.4, -0.2) is 60.1 Å². The first-order chi connectivity index (χ1) is 13.7. The third kappa shape index (κ3) is 4.43. The van der Waals surface area contributed by atoms with E-state index in [9.17, 15) is 19.5 Å². The van der Waals surface area contributed by atoms with Gasteiger partial charge in [0.05, 0.1) is 18.6 Å². The maximum Gasteiger partial charge on any atom is 0.334 e. The third-order valence-electron chi connectivity index (χ3n) is 5.57. The maximum absolute atomic E-state index is 12.3. The Morgan fingerprint density at radius 1 is 1.38 bits per heavy atom. The summed E-state index contributed by atoms with van der Waals surface area (Å²) < 4.78 is 22.2. The van der Waals surface area contributed by atoms with E-state index in [0.29, 0.717) is 18.4 Å². The van der Waals surface area contributed by atoms with Crippen molar-refractivity contribution in [2.45, 2.75) is 57.0 Å². The minimum Gasteiger partial charge on any atom is -0.463 e. The summed E-state index contributed by atoms with van der Waals surface area (Å²) >= 11 is 0. The normalized spacial score (nSPS) is 35.3. The average Bonchev–Trinajstić information content (AvgIpc) is 3.27. The van der Waals surface area contributed by atoms with Gasteiger partial charge in [-0.25, -0.2) is 9.59 Å². The van der Waals surface area contributed by atoms with Gasteiger partial charge in [0.1, 0.15) is 24.4 Å². The van der Waals surface area contributed by atoms with Crippen LogP contribution in [-0.2, 0) is 33.3 Å². The lowest BCUT2D eigenvalue weighted by molar-refractivity contribution is -0.151. The highest BCUT2D eigenvalue weighted by Crippen LogP contribution is 2.48. The molecule has 2 aliphatic heterocycles. The molecule has 0 bridgehead atoms. The highest BCUT2D eigenvalue weighted by Gasteiger charge is 2.60. The van der Waals surface area contributed by atoms with Gasteiger partial charge >= 0.3 is 17.9 Å². The zero-order chi connectivity index (χ0) is 21.3. The molecule has 8 nitrogen and oxygen atoms in total. The van der Waals surface area contributed by atoms with Crippen molar-refractivity contribution in [2.24, 2.45) is 5.92 Å². The number of esters is 3. The molecule has 1 N–H and O–H groups in total. The van der Waals surface area contributed by atoms with Crippen LogP contribution in [0, 0.1) is 5.92 Å². The van der Waals surface area contributed by atoms with Crippen LogP contribution in [0.2, 0.25) is 0 Å². The molecule has 1 aliphatic carbocycles. The summed E-state index contributed by atoms with van der Waals surface area (Å²) in [5.41, 5.74) is 0.248. The summed E-state index contributed by atoms with van der Waals surface area (Å²) in [7, 11) is 0. The number of hydrogen-bond acceptors (Lipinski definition) is 8. The van der Waals surface area contributed by atoms with Crippen molar-refractivity contribution in [2.75, 3.05) is 13.2 Å². The highest BCUT2D eigenvalue weighted by molar-refractivity contribution is 5.91. The lowest BCUT2D eigenvalue weighted by atomic mass is 9.82. The summed E-state index contributed by atoms with van der Waals surface area (Å²) in [5, 5.41) is 9.71. The summed E-state index contributed by atoms with van der Waals surface area (Å²) in [6, 6.07) is 0. The van der Waals surface area contributed by atoms with Crippen LogP contribution in [0.4, 0.5) is 0 Å². The monoisotopic (exact) mass is 406 g/mol. The Morgan fingerprint density at radius 3 is 2.72 bits per heavy atom. The van der Waals surface area contributed by atoms with Gasteiger partial charge in [0.15, 0.2) is 0 Å². The predicted octanol–water partition coefficient (Wildman–Crippen LogP) is 1.38. The fraction of sp³-hybridized carbons (Fsp3) is 0.571. The molecule has 0 aromatic rings. The zero-order valence-electron chi connectivity index (χ0n) is 16.6. The molecule has 29 heavy (non-hydrogen) atoms. The smallest absolute Gasteiger partial charge is 0.334 e. The van der Waals surface area contributed by atoms with Gasteiger partial charge in [-0.3, -0.25) is 4.79 Å². The highest BCUT2D eigenvalue weighted by atomic mass is 16.6. The van der Waals surface area contributed by atoms with E-state index >= 15 is 0 Å². The Balaban J connectivity index is 1.97. The Morgan fingerprint density at radius 2 is 2.10 bits per heavy atom. The first-order valence-electron chi connectivity index (χ1n) is 9.54. The van der Waals surface area contributed by atoms with Crippen molar-refractivity contribution in [3.8, 4) is 0 Å². The number of aliphatic hydroxyl groups is 1. The molecular weight excluding hydrogens is 380 g/mol. The lowest BCUT2D eigenvalue weighted by Gasteiger charge is -2.29. The van der Waals surface area contributed by atoms with E-state index in [4.69, 9.17) is 18.9 Å². The molecule has 2 saturated heterocycles. The second-order valence-electron chi connectivity index (χ2n) is 7.82. The molecule has 2 fully saturated rings. The molecule has 3 rings (SSSR count). The summed E-state index contributed by atoms with van der Waals surface area (Å²) in [6.45, 7) is 10.1. The maximum atomic E-state index is 12.3. The fourth-order valence-corrected chi connectivity index (χ4v) is 3.93. The lowest BCUT2D eigenvalue weighted by Crippen LogP contribution is -2.39. The van der Waals surface area contributed by atoms with Crippen LogP contribution in [0.3, 0.4) is 0 Å². The largest absolute Gasteiger partial charge is 0.463 e. The minimum atomic E-state index is -0.833. The van der Waals surface area contributed by atoms with E-state index in [1.54, 1.807) is 6.08 Å². The van der Waals surface area contributed by atoms with Crippen molar-refractivity contribution < 1.29 is 38.4 Å². The predicted molar refractivity (Wildman–Crippen MR) is 100 cm³/mol.